The van der Waals surface area contributed by atoms with E-state index in [2.05, 4.69) is 33.3 Å². The number of anilines is 1. The Balaban J connectivity index is 2.14. The van der Waals surface area contributed by atoms with E-state index < -0.39 is 0 Å². The average molecular weight is 324 g/mol. The van der Waals surface area contributed by atoms with E-state index >= 15 is 0 Å². The van der Waals surface area contributed by atoms with Gasteiger partial charge >= 0.3 is 0 Å². The number of aryl methyl sites for hydroxylation is 2. The van der Waals surface area contributed by atoms with Gasteiger partial charge in [0.05, 0.1) is 12.3 Å². The minimum Gasteiger partial charge on any atom is -0.392 e. The first-order valence-electron chi connectivity index (χ1n) is 6.28. The lowest BCUT2D eigenvalue weighted by molar-refractivity contribution is 0.282. The molecule has 1 heterocycles. The maximum atomic E-state index is 9.37. The third kappa shape index (κ3) is 3.36. The summed E-state index contributed by atoms with van der Waals surface area (Å²) >= 11 is 3.41. The molecule has 19 heavy (non-hydrogen) atoms. The van der Waals surface area contributed by atoms with Crippen molar-refractivity contribution < 1.29 is 5.11 Å². The van der Waals surface area contributed by atoms with Gasteiger partial charge in [0.2, 0.25) is 0 Å². The van der Waals surface area contributed by atoms with Gasteiger partial charge in [-0.15, -0.1) is 0 Å². The van der Waals surface area contributed by atoms with Crippen molar-refractivity contribution in [2.24, 2.45) is 7.05 Å². The van der Waals surface area contributed by atoms with Gasteiger partial charge in [0.1, 0.15) is 0 Å². The third-order valence-electron chi connectivity index (χ3n) is 3.03. The van der Waals surface area contributed by atoms with Crippen molar-refractivity contribution in [3.05, 3.63) is 45.7 Å². The molecule has 2 N–H and O–H groups in total. The summed E-state index contributed by atoms with van der Waals surface area (Å²) in [6.07, 6.45) is 2.95. The van der Waals surface area contributed by atoms with E-state index in [1.807, 2.05) is 36.1 Å². The molecule has 2 aromatic rings. The minimum atomic E-state index is 0.0233. The second kappa shape index (κ2) is 6.21. The maximum absolute atomic E-state index is 9.37. The van der Waals surface area contributed by atoms with Crippen LogP contribution in [0.25, 0.3) is 0 Å². The lowest BCUT2D eigenvalue weighted by atomic mass is 10.1. The summed E-state index contributed by atoms with van der Waals surface area (Å²) in [4.78, 5) is 0. The number of nitrogens with one attached hydrogen (secondary N) is 1. The molecule has 0 fully saturated rings. The summed E-state index contributed by atoms with van der Waals surface area (Å²) in [6, 6.07) is 5.86. The van der Waals surface area contributed by atoms with Gasteiger partial charge < -0.3 is 10.4 Å². The highest BCUT2D eigenvalue weighted by atomic mass is 79.9. The van der Waals surface area contributed by atoms with Gasteiger partial charge in [-0.3, -0.25) is 4.68 Å². The first-order valence-corrected chi connectivity index (χ1v) is 7.08. The Labute approximate surface area is 121 Å². The molecule has 0 aliphatic carbocycles. The van der Waals surface area contributed by atoms with Crippen LogP contribution in [0.4, 0.5) is 5.69 Å². The van der Waals surface area contributed by atoms with Gasteiger partial charge in [0.15, 0.2) is 0 Å². The van der Waals surface area contributed by atoms with Gasteiger partial charge in [-0.1, -0.05) is 22.9 Å². The zero-order chi connectivity index (χ0) is 13.8. The van der Waals surface area contributed by atoms with Crippen LogP contribution < -0.4 is 5.32 Å². The maximum Gasteiger partial charge on any atom is 0.0702 e. The molecule has 5 heteroatoms. The summed E-state index contributed by atoms with van der Waals surface area (Å²) in [5, 5.41) is 17.1. The van der Waals surface area contributed by atoms with Gasteiger partial charge in [0.25, 0.3) is 0 Å². The molecule has 2 rings (SSSR count). The predicted molar refractivity (Wildman–Crippen MR) is 80.0 cm³/mol. The van der Waals surface area contributed by atoms with Crippen LogP contribution in [0.3, 0.4) is 0 Å². The largest absolute Gasteiger partial charge is 0.392 e. The second-order valence-electron chi connectivity index (χ2n) is 4.44. The first kappa shape index (κ1) is 14.1. The normalized spacial score (nSPS) is 10.7. The standard InChI is InChI=1S/C14H18BrN3O/c1-3-13-11(8-18(2)17-13)7-16-14-5-4-12(15)6-10(14)9-19/h4-6,8,16,19H,3,7,9H2,1-2H3. The molecule has 0 saturated carbocycles. The number of aromatic nitrogens is 2. The highest BCUT2D eigenvalue weighted by molar-refractivity contribution is 9.10. The van der Waals surface area contributed by atoms with E-state index in [0.717, 1.165) is 27.8 Å². The Kier molecular flexibility index (Phi) is 4.61. The van der Waals surface area contributed by atoms with Gasteiger partial charge in [-0.05, 0) is 24.6 Å². The number of benzene rings is 1. The van der Waals surface area contributed by atoms with Crippen LogP contribution in [0.5, 0.6) is 0 Å². The number of aliphatic hydroxyl groups excluding tert-OH is 1. The molecule has 0 atom stereocenters. The van der Waals surface area contributed by atoms with Crippen molar-refractivity contribution in [3.8, 4) is 0 Å². The van der Waals surface area contributed by atoms with Crippen LogP contribution in [0.2, 0.25) is 0 Å². The van der Waals surface area contributed by atoms with Crippen LogP contribution >= 0.6 is 15.9 Å². The van der Waals surface area contributed by atoms with Crippen molar-refractivity contribution in [3.63, 3.8) is 0 Å². The van der Waals surface area contributed by atoms with Crippen LogP contribution in [0.15, 0.2) is 28.9 Å². The SMILES string of the molecule is CCc1nn(C)cc1CNc1ccc(Br)cc1CO. The molecule has 0 saturated heterocycles. The molecule has 0 amide bonds. The second-order valence-corrected chi connectivity index (χ2v) is 5.36. The van der Waals surface area contributed by atoms with E-state index in [1.165, 1.54) is 5.56 Å². The zero-order valence-corrected chi connectivity index (χ0v) is 12.7. The fraction of sp³-hybridized carbons (Fsp3) is 0.357. The van der Waals surface area contributed by atoms with Crippen LogP contribution in [0, 0.1) is 0 Å². The molecular weight excluding hydrogens is 306 g/mol. The quantitative estimate of drug-likeness (QED) is 0.889. The Morgan fingerprint density at radius 2 is 2.16 bits per heavy atom. The summed E-state index contributed by atoms with van der Waals surface area (Å²) in [6.45, 7) is 2.84. The summed E-state index contributed by atoms with van der Waals surface area (Å²) < 4.78 is 2.81. The van der Waals surface area contributed by atoms with Crippen LogP contribution in [-0.4, -0.2) is 14.9 Å². The molecule has 0 aliphatic heterocycles. The smallest absolute Gasteiger partial charge is 0.0702 e. The monoisotopic (exact) mass is 323 g/mol. The molecule has 0 unspecified atom stereocenters. The van der Waals surface area contributed by atoms with Crippen molar-refractivity contribution >= 4 is 21.6 Å². The van der Waals surface area contributed by atoms with Gasteiger partial charge in [0, 0.05) is 41.1 Å². The number of hydrogen-bond acceptors (Lipinski definition) is 3. The molecule has 0 bridgehead atoms. The van der Waals surface area contributed by atoms with E-state index in [9.17, 15) is 5.11 Å². The lowest BCUT2D eigenvalue weighted by Crippen LogP contribution is -2.03. The van der Waals surface area contributed by atoms with Crippen molar-refractivity contribution in [2.75, 3.05) is 5.32 Å². The minimum absolute atomic E-state index is 0.0233. The fourth-order valence-corrected chi connectivity index (χ4v) is 2.49. The number of halogens is 1. The van der Waals surface area contributed by atoms with Gasteiger partial charge in [-0.2, -0.15) is 5.10 Å². The molecule has 0 radical (unpaired) electrons. The van der Waals surface area contributed by atoms with Crippen molar-refractivity contribution in [1.82, 2.24) is 9.78 Å². The summed E-state index contributed by atoms with van der Waals surface area (Å²) in [5.41, 5.74) is 4.14. The number of nitrogens with zero attached hydrogens (tertiary/aromatic N) is 2. The Hall–Kier alpha value is -1.33. The van der Waals surface area contributed by atoms with E-state index in [4.69, 9.17) is 0 Å². The molecule has 1 aromatic heterocycles. The van der Waals surface area contributed by atoms with Crippen LogP contribution in [0.1, 0.15) is 23.7 Å². The topological polar surface area (TPSA) is 50.1 Å². The predicted octanol–water partition coefficient (Wildman–Crippen LogP) is 2.85. The molecule has 0 spiro atoms. The molecule has 4 nitrogen and oxygen atoms in total. The highest BCUT2D eigenvalue weighted by Gasteiger charge is 2.07. The number of aliphatic hydroxyl groups is 1. The highest BCUT2D eigenvalue weighted by Crippen LogP contribution is 2.22. The van der Waals surface area contributed by atoms with Crippen molar-refractivity contribution in [2.45, 2.75) is 26.5 Å². The average Bonchev–Trinajstić information content (AvgIpc) is 2.77. The lowest BCUT2D eigenvalue weighted by Gasteiger charge is -2.11. The van der Waals surface area contributed by atoms with Crippen LogP contribution in [-0.2, 0) is 26.6 Å². The first-order chi connectivity index (χ1) is 9.13. The van der Waals surface area contributed by atoms with Gasteiger partial charge in [-0.25, -0.2) is 0 Å². The molecule has 1 aromatic carbocycles. The number of rotatable bonds is 5. The molecule has 102 valence electrons. The Bertz CT molecular complexity index is 566. The zero-order valence-electron chi connectivity index (χ0n) is 11.2. The Morgan fingerprint density at radius 3 is 2.84 bits per heavy atom. The number of hydrogen-bond donors (Lipinski definition) is 2. The molecular formula is C14H18BrN3O. The van der Waals surface area contributed by atoms with Crippen molar-refractivity contribution in [1.29, 1.82) is 0 Å². The third-order valence-corrected chi connectivity index (χ3v) is 3.53. The van der Waals surface area contributed by atoms with E-state index in [1.54, 1.807) is 0 Å². The fourth-order valence-electron chi connectivity index (χ4n) is 2.08. The molecule has 0 aliphatic rings. The van der Waals surface area contributed by atoms with E-state index in [0.29, 0.717) is 6.54 Å². The summed E-state index contributed by atoms with van der Waals surface area (Å²) in [7, 11) is 1.93. The summed E-state index contributed by atoms with van der Waals surface area (Å²) in [5.74, 6) is 0. The Morgan fingerprint density at radius 1 is 1.37 bits per heavy atom. The van der Waals surface area contributed by atoms with E-state index in [-0.39, 0.29) is 6.61 Å².